The highest BCUT2D eigenvalue weighted by molar-refractivity contribution is 7.13. The van der Waals surface area contributed by atoms with Gasteiger partial charge < -0.3 is 24.4 Å². The van der Waals surface area contributed by atoms with Crippen molar-refractivity contribution >= 4 is 22.3 Å². The molecular weight excluding hydrogens is 354 g/mol. The number of morpholine rings is 1. The highest BCUT2D eigenvalue weighted by atomic mass is 32.1. The van der Waals surface area contributed by atoms with Gasteiger partial charge in [0, 0.05) is 49.2 Å². The van der Waals surface area contributed by atoms with Crippen LogP contribution in [0, 0.1) is 11.8 Å². The van der Waals surface area contributed by atoms with Gasteiger partial charge in [-0.2, -0.15) is 0 Å². The Morgan fingerprint density at radius 3 is 2.96 bits per heavy atom. The molecule has 3 aliphatic heterocycles. The Morgan fingerprint density at radius 1 is 1.31 bits per heavy atom. The summed E-state index contributed by atoms with van der Waals surface area (Å²) < 4.78 is 11.7. The lowest BCUT2D eigenvalue weighted by Crippen LogP contribution is -2.54. The number of hydrogen-bond donors (Lipinski definition) is 1. The van der Waals surface area contributed by atoms with E-state index in [1.165, 1.54) is 6.33 Å². The number of hydrogen-bond acceptors (Lipinski definition) is 9. The lowest BCUT2D eigenvalue weighted by molar-refractivity contribution is -0.0548. The second-order valence-electron chi connectivity index (χ2n) is 7.17. The second kappa shape index (κ2) is 6.04. The van der Waals surface area contributed by atoms with E-state index >= 15 is 0 Å². The molecule has 0 aromatic carbocycles. The summed E-state index contributed by atoms with van der Waals surface area (Å²) in [6.45, 7) is 3.28. The molecule has 5 heterocycles. The van der Waals surface area contributed by atoms with Crippen LogP contribution < -0.4 is 14.5 Å². The molecule has 2 bridgehead atoms. The van der Waals surface area contributed by atoms with Crippen molar-refractivity contribution in [3.8, 4) is 5.88 Å². The normalized spacial score (nSPS) is 32.8. The lowest BCUT2D eigenvalue weighted by Gasteiger charge is -2.40. The average molecular weight is 375 g/mol. The number of aliphatic hydroxyl groups is 1. The first-order valence-electron chi connectivity index (χ1n) is 8.76. The summed E-state index contributed by atoms with van der Waals surface area (Å²) in [5.74, 6) is 1.79. The zero-order chi connectivity index (χ0) is 17.7. The number of nitrogens with zero attached hydrogens (tertiary/aromatic N) is 5. The van der Waals surface area contributed by atoms with Crippen LogP contribution in [0.3, 0.4) is 0 Å². The summed E-state index contributed by atoms with van der Waals surface area (Å²) in [4.78, 5) is 17.5. The number of thiazole rings is 1. The maximum atomic E-state index is 10.0. The van der Waals surface area contributed by atoms with Crippen molar-refractivity contribution in [3.05, 3.63) is 24.0 Å². The fraction of sp³-hybridized carbons (Fsp3) is 0.588. The van der Waals surface area contributed by atoms with E-state index in [1.54, 1.807) is 18.4 Å². The Morgan fingerprint density at radius 2 is 2.19 bits per heavy atom. The van der Waals surface area contributed by atoms with Crippen LogP contribution in [0.25, 0.3) is 0 Å². The molecule has 26 heavy (non-hydrogen) atoms. The van der Waals surface area contributed by atoms with Crippen LogP contribution in [0.5, 0.6) is 5.88 Å². The number of aliphatic hydroxyl groups excluding tert-OH is 1. The second-order valence-corrected chi connectivity index (χ2v) is 8.04. The van der Waals surface area contributed by atoms with E-state index in [2.05, 4.69) is 24.8 Å². The van der Waals surface area contributed by atoms with E-state index in [9.17, 15) is 5.11 Å². The van der Waals surface area contributed by atoms with Crippen molar-refractivity contribution in [2.24, 2.45) is 11.8 Å². The first kappa shape index (κ1) is 16.2. The van der Waals surface area contributed by atoms with Gasteiger partial charge in [0.2, 0.25) is 5.88 Å². The van der Waals surface area contributed by atoms with E-state index in [1.807, 2.05) is 17.6 Å². The van der Waals surface area contributed by atoms with Gasteiger partial charge in [0.1, 0.15) is 17.7 Å². The number of anilines is 2. The van der Waals surface area contributed by atoms with Gasteiger partial charge in [0.15, 0.2) is 5.13 Å². The van der Waals surface area contributed by atoms with E-state index in [0.717, 1.165) is 37.1 Å². The fourth-order valence-electron chi connectivity index (χ4n) is 4.74. The number of ether oxygens (including phenoxy) is 2. The molecule has 0 saturated carbocycles. The molecule has 4 atom stereocenters. The minimum atomic E-state index is -0.305. The van der Waals surface area contributed by atoms with Crippen LogP contribution in [-0.2, 0) is 4.74 Å². The quantitative estimate of drug-likeness (QED) is 0.834. The highest BCUT2D eigenvalue weighted by Gasteiger charge is 2.62. The van der Waals surface area contributed by atoms with E-state index in [0.29, 0.717) is 5.88 Å². The van der Waals surface area contributed by atoms with Gasteiger partial charge in [-0.1, -0.05) is 0 Å². The summed E-state index contributed by atoms with van der Waals surface area (Å²) in [6.07, 6.45) is 3.41. The van der Waals surface area contributed by atoms with Crippen molar-refractivity contribution in [2.75, 3.05) is 49.7 Å². The predicted octanol–water partition coefficient (Wildman–Crippen LogP) is 0.644. The van der Waals surface area contributed by atoms with Gasteiger partial charge in [-0.15, -0.1) is 11.3 Å². The Balaban J connectivity index is 1.46. The molecule has 3 aliphatic rings. The van der Waals surface area contributed by atoms with Crippen LogP contribution in [0.2, 0.25) is 0 Å². The van der Waals surface area contributed by atoms with Gasteiger partial charge >= 0.3 is 0 Å². The van der Waals surface area contributed by atoms with Crippen molar-refractivity contribution < 1.29 is 14.6 Å². The number of rotatable bonds is 4. The first-order valence-corrected chi connectivity index (χ1v) is 9.64. The molecule has 0 amide bonds. The smallest absolute Gasteiger partial charge is 0.218 e. The fourth-order valence-corrected chi connectivity index (χ4v) is 5.39. The summed E-state index contributed by atoms with van der Waals surface area (Å²) in [5, 5.41) is 13.1. The topological polar surface area (TPSA) is 83.8 Å². The van der Waals surface area contributed by atoms with Crippen LogP contribution >= 0.6 is 11.3 Å². The van der Waals surface area contributed by atoms with Crippen molar-refractivity contribution in [2.45, 2.75) is 11.7 Å². The number of fused-ring (bicyclic) bond motifs is 1. The predicted molar refractivity (Wildman–Crippen MR) is 96.8 cm³/mol. The van der Waals surface area contributed by atoms with Gasteiger partial charge in [-0.25, -0.2) is 15.0 Å². The molecule has 9 heteroatoms. The molecule has 0 aliphatic carbocycles. The zero-order valence-corrected chi connectivity index (χ0v) is 15.3. The maximum Gasteiger partial charge on any atom is 0.218 e. The molecule has 2 aromatic rings. The van der Waals surface area contributed by atoms with Crippen LogP contribution in [0.15, 0.2) is 24.0 Å². The average Bonchev–Trinajstić information content (AvgIpc) is 3.35. The van der Waals surface area contributed by atoms with Crippen molar-refractivity contribution in [1.29, 1.82) is 0 Å². The summed E-state index contributed by atoms with van der Waals surface area (Å²) in [7, 11) is 1.60. The Bertz CT molecular complexity index is 790. The summed E-state index contributed by atoms with van der Waals surface area (Å²) >= 11 is 1.65. The van der Waals surface area contributed by atoms with Crippen molar-refractivity contribution in [3.63, 3.8) is 0 Å². The van der Waals surface area contributed by atoms with Crippen LogP contribution in [0.4, 0.5) is 10.9 Å². The molecule has 8 nitrogen and oxygen atoms in total. The molecule has 138 valence electrons. The largest absolute Gasteiger partial charge is 0.481 e. The SMILES string of the molecule is COc1cc(N2C[C@@H]3[C@H](CO)[C@H]4CN(c5nccs5)C[C@]3(C2)O4)ncn1. The summed E-state index contributed by atoms with van der Waals surface area (Å²) in [6, 6.07) is 1.85. The van der Waals surface area contributed by atoms with E-state index < -0.39 is 0 Å². The zero-order valence-electron chi connectivity index (χ0n) is 14.5. The molecule has 1 N–H and O–H groups in total. The monoisotopic (exact) mass is 375 g/mol. The van der Waals surface area contributed by atoms with Gasteiger partial charge in [-0.3, -0.25) is 0 Å². The third-order valence-electron chi connectivity index (χ3n) is 5.85. The Labute approximate surface area is 155 Å². The first-order chi connectivity index (χ1) is 12.7. The molecular formula is C17H21N5O3S. The van der Waals surface area contributed by atoms with Crippen LogP contribution in [0.1, 0.15) is 0 Å². The molecule has 0 unspecified atom stereocenters. The maximum absolute atomic E-state index is 10.0. The Kier molecular flexibility index (Phi) is 3.77. The molecule has 3 fully saturated rings. The molecule has 5 rings (SSSR count). The number of aromatic nitrogens is 3. The van der Waals surface area contributed by atoms with Gasteiger partial charge in [0.25, 0.3) is 0 Å². The molecule has 2 aromatic heterocycles. The molecule has 3 saturated heterocycles. The van der Waals surface area contributed by atoms with Crippen LogP contribution in [-0.4, -0.2) is 71.7 Å². The molecule has 0 radical (unpaired) electrons. The lowest BCUT2D eigenvalue weighted by atomic mass is 9.83. The highest BCUT2D eigenvalue weighted by Crippen LogP contribution is 2.50. The van der Waals surface area contributed by atoms with E-state index in [-0.39, 0.29) is 30.1 Å². The van der Waals surface area contributed by atoms with Crippen molar-refractivity contribution in [1.82, 2.24) is 15.0 Å². The van der Waals surface area contributed by atoms with E-state index in [4.69, 9.17) is 9.47 Å². The summed E-state index contributed by atoms with van der Waals surface area (Å²) in [5.41, 5.74) is -0.305. The standard InChI is InChI=1S/C17H21N5O3S/c1-24-15-4-14(19-10-20-15)21-5-12-11(7-23)13-6-22(16-18-2-3-26-16)9-17(12,8-21)25-13/h2-4,10-13,23H,5-9H2,1H3/t11-,12+,13+,17-/m0/s1. The van der Waals surface area contributed by atoms with Gasteiger partial charge in [0.05, 0.1) is 26.3 Å². The number of methoxy groups -OCH3 is 1. The molecule has 1 spiro atoms. The Hall–Kier alpha value is -1.97. The minimum absolute atomic E-state index is 0.0461. The third kappa shape index (κ3) is 2.38. The van der Waals surface area contributed by atoms with Gasteiger partial charge in [-0.05, 0) is 0 Å². The third-order valence-corrected chi connectivity index (χ3v) is 6.68. The minimum Gasteiger partial charge on any atom is -0.481 e.